The molecule has 5 heteroatoms. The van der Waals surface area contributed by atoms with Gasteiger partial charge in [-0.15, -0.1) is 0 Å². The van der Waals surface area contributed by atoms with Crippen LogP contribution in [0.4, 0.5) is 5.69 Å². The molecule has 1 fully saturated rings. The Balaban J connectivity index is 1.60. The number of nitrogens with zero attached hydrogens (tertiary/aromatic N) is 2. The number of nitrogens with one attached hydrogen (secondary N) is 1. The van der Waals surface area contributed by atoms with Crippen molar-refractivity contribution in [1.82, 2.24) is 10.3 Å². The molecular weight excluding hydrogens is 390 g/mol. The first-order chi connectivity index (χ1) is 14.7. The minimum absolute atomic E-state index is 0.116. The highest BCUT2D eigenvalue weighted by molar-refractivity contribution is 7.80. The maximum absolute atomic E-state index is 6.36. The minimum atomic E-state index is -0.146. The highest BCUT2D eigenvalue weighted by atomic mass is 32.1. The van der Waals surface area contributed by atoms with Gasteiger partial charge in [0.15, 0.2) is 5.11 Å². The molecule has 4 nitrogen and oxygen atoms in total. The molecule has 4 aromatic rings. The molecule has 2 unspecified atom stereocenters. The van der Waals surface area contributed by atoms with E-state index in [-0.39, 0.29) is 12.1 Å². The second-order valence-corrected chi connectivity index (χ2v) is 7.79. The van der Waals surface area contributed by atoms with E-state index in [1.54, 1.807) is 0 Å². The van der Waals surface area contributed by atoms with Crippen LogP contribution >= 0.6 is 12.2 Å². The van der Waals surface area contributed by atoms with Crippen molar-refractivity contribution in [2.75, 3.05) is 4.90 Å². The smallest absolute Gasteiger partial charge is 0.174 e. The van der Waals surface area contributed by atoms with Crippen LogP contribution in [-0.2, 0) is 0 Å². The number of hydrogen-bond acceptors (Lipinski definition) is 3. The second kappa shape index (κ2) is 7.76. The number of benzene rings is 2. The lowest BCUT2D eigenvalue weighted by Gasteiger charge is -2.26. The van der Waals surface area contributed by atoms with E-state index in [9.17, 15) is 0 Å². The first-order valence-corrected chi connectivity index (χ1v) is 10.3. The molecule has 148 valence electrons. The standard InChI is InChI=1S/C25H21N3OS/c1-17-10-12-19(13-11-17)28-24(23(27-25(28)30)20-9-5-6-16-26-20)22-15-14-21(29-22)18-7-3-2-4-8-18/h2-16,23-24H,1H3,(H,27,30). The topological polar surface area (TPSA) is 41.3 Å². The molecule has 5 rings (SSSR count). The van der Waals surface area contributed by atoms with Gasteiger partial charge in [-0.25, -0.2) is 0 Å². The molecule has 1 saturated heterocycles. The molecule has 0 amide bonds. The Hall–Kier alpha value is -3.44. The monoisotopic (exact) mass is 411 g/mol. The molecule has 30 heavy (non-hydrogen) atoms. The summed E-state index contributed by atoms with van der Waals surface area (Å²) in [7, 11) is 0. The predicted octanol–water partition coefficient (Wildman–Crippen LogP) is 5.83. The Morgan fingerprint density at radius 2 is 1.67 bits per heavy atom. The highest BCUT2D eigenvalue weighted by Gasteiger charge is 2.42. The number of rotatable bonds is 4. The lowest BCUT2D eigenvalue weighted by Crippen LogP contribution is -2.29. The second-order valence-electron chi connectivity index (χ2n) is 7.40. The lowest BCUT2D eigenvalue weighted by molar-refractivity contribution is 0.439. The van der Waals surface area contributed by atoms with Crippen LogP contribution < -0.4 is 10.2 Å². The minimum Gasteiger partial charge on any atom is -0.459 e. The largest absolute Gasteiger partial charge is 0.459 e. The molecule has 2 aromatic carbocycles. The van der Waals surface area contributed by atoms with Crippen molar-refractivity contribution in [1.29, 1.82) is 0 Å². The molecule has 2 aromatic heterocycles. The van der Waals surface area contributed by atoms with E-state index in [1.807, 2.05) is 66.9 Å². The Bertz CT molecular complexity index is 1160. The molecule has 3 heterocycles. The maximum atomic E-state index is 6.36. The molecule has 0 radical (unpaired) electrons. The third-order valence-electron chi connectivity index (χ3n) is 5.39. The van der Waals surface area contributed by atoms with E-state index in [0.29, 0.717) is 5.11 Å². The van der Waals surface area contributed by atoms with E-state index in [4.69, 9.17) is 16.6 Å². The number of aryl methyl sites for hydroxylation is 1. The SMILES string of the molecule is Cc1ccc(N2C(=S)NC(c3ccccn3)C2c2ccc(-c3ccccc3)o2)cc1. The summed E-state index contributed by atoms with van der Waals surface area (Å²) < 4.78 is 6.36. The summed E-state index contributed by atoms with van der Waals surface area (Å²) in [6.07, 6.45) is 1.81. The van der Waals surface area contributed by atoms with Crippen molar-refractivity contribution in [2.45, 2.75) is 19.0 Å². The third kappa shape index (κ3) is 3.37. The number of furan rings is 1. The van der Waals surface area contributed by atoms with Crippen LogP contribution in [0, 0.1) is 6.92 Å². The van der Waals surface area contributed by atoms with Gasteiger partial charge in [-0.3, -0.25) is 4.98 Å². The zero-order chi connectivity index (χ0) is 20.5. The molecule has 1 N–H and O–H groups in total. The zero-order valence-electron chi connectivity index (χ0n) is 16.5. The van der Waals surface area contributed by atoms with Crippen LogP contribution in [-0.4, -0.2) is 10.1 Å². The van der Waals surface area contributed by atoms with Gasteiger partial charge in [0, 0.05) is 17.4 Å². The van der Waals surface area contributed by atoms with Crippen molar-refractivity contribution in [2.24, 2.45) is 0 Å². The highest BCUT2D eigenvalue weighted by Crippen LogP contribution is 2.42. The van der Waals surface area contributed by atoms with Crippen molar-refractivity contribution < 1.29 is 4.42 Å². The third-order valence-corrected chi connectivity index (χ3v) is 5.70. The lowest BCUT2D eigenvalue weighted by atomic mass is 10.0. The average molecular weight is 412 g/mol. The molecule has 0 aliphatic carbocycles. The molecule has 1 aliphatic rings. The van der Waals surface area contributed by atoms with Crippen LogP contribution in [0.2, 0.25) is 0 Å². The van der Waals surface area contributed by atoms with Crippen molar-refractivity contribution in [3.63, 3.8) is 0 Å². The van der Waals surface area contributed by atoms with Gasteiger partial charge < -0.3 is 14.6 Å². The summed E-state index contributed by atoms with van der Waals surface area (Å²) in [6, 6.07) is 28.3. The van der Waals surface area contributed by atoms with Crippen LogP contribution in [0.15, 0.2) is 95.5 Å². The van der Waals surface area contributed by atoms with Gasteiger partial charge in [0.2, 0.25) is 0 Å². The fourth-order valence-electron chi connectivity index (χ4n) is 3.90. The maximum Gasteiger partial charge on any atom is 0.174 e. The normalized spacial score (nSPS) is 18.4. The molecule has 2 atom stereocenters. The first kappa shape index (κ1) is 18.6. The van der Waals surface area contributed by atoms with Crippen molar-refractivity contribution in [3.8, 4) is 11.3 Å². The fourth-order valence-corrected chi connectivity index (χ4v) is 4.24. The first-order valence-electron chi connectivity index (χ1n) is 9.93. The van der Waals surface area contributed by atoms with E-state index >= 15 is 0 Å². The van der Waals surface area contributed by atoms with Crippen LogP contribution in [0.3, 0.4) is 0 Å². The molecule has 0 spiro atoms. The molecular formula is C25H21N3OS. The summed E-state index contributed by atoms with van der Waals surface area (Å²) in [5.41, 5.74) is 4.21. The van der Waals surface area contributed by atoms with Crippen LogP contribution in [0.5, 0.6) is 0 Å². The van der Waals surface area contributed by atoms with Gasteiger partial charge in [-0.1, -0.05) is 54.1 Å². The summed E-state index contributed by atoms with van der Waals surface area (Å²) in [4.78, 5) is 6.71. The van der Waals surface area contributed by atoms with Crippen molar-refractivity contribution in [3.05, 3.63) is 108 Å². The summed E-state index contributed by atoms with van der Waals surface area (Å²) >= 11 is 5.76. The Morgan fingerprint density at radius 1 is 0.900 bits per heavy atom. The number of hydrogen-bond donors (Lipinski definition) is 1. The zero-order valence-corrected chi connectivity index (χ0v) is 17.3. The van der Waals surface area contributed by atoms with Gasteiger partial charge in [0.1, 0.15) is 17.6 Å². The van der Waals surface area contributed by atoms with Gasteiger partial charge >= 0.3 is 0 Å². The van der Waals surface area contributed by atoms with Crippen LogP contribution in [0.25, 0.3) is 11.3 Å². The van der Waals surface area contributed by atoms with E-state index in [0.717, 1.165) is 28.5 Å². The number of anilines is 1. The summed E-state index contributed by atoms with van der Waals surface area (Å²) in [6.45, 7) is 2.08. The van der Waals surface area contributed by atoms with Gasteiger partial charge in [0.25, 0.3) is 0 Å². The Kier molecular flexibility index (Phi) is 4.81. The quantitative estimate of drug-likeness (QED) is 0.428. The average Bonchev–Trinajstić information content (AvgIpc) is 3.40. The summed E-state index contributed by atoms with van der Waals surface area (Å²) in [5.74, 6) is 1.68. The van der Waals surface area contributed by atoms with Crippen LogP contribution in [0.1, 0.15) is 29.1 Å². The van der Waals surface area contributed by atoms with Gasteiger partial charge in [-0.2, -0.15) is 0 Å². The summed E-state index contributed by atoms with van der Waals surface area (Å²) in [5, 5.41) is 4.13. The van der Waals surface area contributed by atoms with E-state index < -0.39 is 0 Å². The van der Waals surface area contributed by atoms with E-state index in [2.05, 4.69) is 46.4 Å². The Morgan fingerprint density at radius 3 is 2.40 bits per heavy atom. The van der Waals surface area contributed by atoms with E-state index in [1.165, 1.54) is 5.56 Å². The van der Waals surface area contributed by atoms with Crippen molar-refractivity contribution >= 4 is 23.0 Å². The Labute approximate surface area is 181 Å². The molecule has 1 aliphatic heterocycles. The number of aromatic nitrogens is 1. The fraction of sp³-hybridized carbons (Fsp3) is 0.120. The number of pyridine rings is 1. The molecule has 0 saturated carbocycles. The number of thiocarbonyl (C=S) groups is 1. The molecule has 0 bridgehead atoms. The van der Waals surface area contributed by atoms with Gasteiger partial charge in [-0.05, 0) is 55.5 Å². The predicted molar refractivity (Wildman–Crippen MR) is 123 cm³/mol. The van der Waals surface area contributed by atoms with Gasteiger partial charge in [0.05, 0.1) is 11.7 Å².